The first kappa shape index (κ1) is 26.3. The van der Waals surface area contributed by atoms with Crippen molar-refractivity contribution in [3.63, 3.8) is 0 Å². The van der Waals surface area contributed by atoms with Crippen LogP contribution in [0.5, 0.6) is 0 Å². The first-order valence-corrected chi connectivity index (χ1v) is 12.8. The van der Waals surface area contributed by atoms with E-state index in [1.54, 1.807) is 42.3 Å². The van der Waals surface area contributed by atoms with Crippen molar-refractivity contribution in [2.24, 2.45) is 0 Å². The van der Waals surface area contributed by atoms with Gasteiger partial charge in [-0.1, -0.05) is 30.3 Å². The van der Waals surface area contributed by atoms with Crippen LogP contribution < -0.4 is 10.6 Å². The fourth-order valence-corrected chi connectivity index (χ4v) is 5.38. The van der Waals surface area contributed by atoms with Gasteiger partial charge in [0.25, 0.3) is 0 Å². The van der Waals surface area contributed by atoms with E-state index >= 15 is 0 Å². The summed E-state index contributed by atoms with van der Waals surface area (Å²) in [5, 5.41) is 25.9. The first-order valence-electron chi connectivity index (χ1n) is 12.0. The van der Waals surface area contributed by atoms with Crippen LogP contribution in [-0.4, -0.2) is 50.2 Å². The first-order chi connectivity index (χ1) is 17.6. The van der Waals surface area contributed by atoms with Gasteiger partial charge in [0.15, 0.2) is 0 Å². The van der Waals surface area contributed by atoms with E-state index in [1.165, 1.54) is 11.3 Å². The molecule has 0 aliphatic carbocycles. The number of anilines is 2. The monoisotopic (exact) mass is 522 g/mol. The summed E-state index contributed by atoms with van der Waals surface area (Å²) in [5.74, 6) is -1.01. The molecule has 0 saturated carbocycles. The van der Waals surface area contributed by atoms with Crippen molar-refractivity contribution in [2.75, 3.05) is 17.2 Å². The van der Waals surface area contributed by atoms with E-state index in [1.807, 2.05) is 31.2 Å². The number of aromatic nitrogens is 1. The molecule has 1 aliphatic heterocycles. The summed E-state index contributed by atoms with van der Waals surface area (Å²) in [4.78, 5) is 43.4. The minimum absolute atomic E-state index is 0.0189. The second-order valence-electron chi connectivity index (χ2n) is 9.56. The molecule has 1 aliphatic rings. The van der Waals surface area contributed by atoms with E-state index in [0.29, 0.717) is 23.5 Å². The van der Waals surface area contributed by atoms with Crippen LogP contribution in [0.25, 0.3) is 0 Å². The number of likely N-dealkylation sites (tertiary alicyclic amines) is 1. The van der Waals surface area contributed by atoms with E-state index < -0.39 is 11.6 Å². The number of aliphatic hydroxyl groups is 1. The molecule has 2 aromatic carbocycles. The summed E-state index contributed by atoms with van der Waals surface area (Å²) in [6, 6.07) is 13.8. The molecule has 0 radical (unpaired) electrons. The number of para-hydroxylation sites is 1. The standard InChI is InChI=1S/C27H30N4O5S/c1-17-5-3-4-6-21(17)30-26(35)29-19-9-7-18(8-10-19)13-23(32)31-16-27(2,36)14-22(31)25-28-15-20(37-25)11-12-24(33)34/h3-10,15,22,36H,11-14,16H2,1-2H3,(H,33,34)(H2,29,30,35). The molecule has 9 nitrogen and oxygen atoms in total. The summed E-state index contributed by atoms with van der Waals surface area (Å²) in [6.07, 6.45) is 2.56. The molecule has 3 amide bonds. The molecular weight excluding hydrogens is 492 g/mol. The zero-order valence-corrected chi connectivity index (χ0v) is 21.5. The molecule has 3 aromatic rings. The Hall–Kier alpha value is -3.76. The van der Waals surface area contributed by atoms with E-state index in [-0.39, 0.29) is 37.4 Å². The Kier molecular flexibility index (Phi) is 7.89. The molecule has 0 spiro atoms. The Balaban J connectivity index is 1.38. The van der Waals surface area contributed by atoms with E-state index in [0.717, 1.165) is 21.7 Å². The highest BCUT2D eigenvalue weighted by Gasteiger charge is 2.43. The number of aryl methyl sites for hydroxylation is 2. The number of amides is 3. The van der Waals surface area contributed by atoms with Gasteiger partial charge >= 0.3 is 12.0 Å². The number of hydrogen-bond acceptors (Lipinski definition) is 6. The fourth-order valence-electron chi connectivity index (χ4n) is 4.35. The molecule has 1 saturated heterocycles. The maximum atomic E-state index is 13.2. The van der Waals surface area contributed by atoms with Crippen LogP contribution in [0, 0.1) is 6.92 Å². The second-order valence-corrected chi connectivity index (χ2v) is 10.7. The number of rotatable bonds is 8. The number of carboxylic acid groups (broad SMARTS) is 1. The molecule has 37 heavy (non-hydrogen) atoms. The van der Waals surface area contributed by atoms with Crippen molar-refractivity contribution in [1.29, 1.82) is 0 Å². The van der Waals surface area contributed by atoms with Crippen LogP contribution in [0.2, 0.25) is 0 Å². The summed E-state index contributed by atoms with van der Waals surface area (Å²) in [7, 11) is 0. The van der Waals surface area contributed by atoms with Gasteiger partial charge in [0.1, 0.15) is 5.01 Å². The van der Waals surface area contributed by atoms with Crippen LogP contribution >= 0.6 is 11.3 Å². The minimum atomic E-state index is -1.04. The van der Waals surface area contributed by atoms with E-state index in [4.69, 9.17) is 5.11 Å². The van der Waals surface area contributed by atoms with Crippen molar-refractivity contribution >= 4 is 40.6 Å². The van der Waals surface area contributed by atoms with E-state index in [2.05, 4.69) is 15.6 Å². The lowest BCUT2D eigenvalue weighted by atomic mass is 10.0. The molecule has 4 rings (SSSR count). The number of carbonyl (C=O) groups excluding carboxylic acids is 2. The lowest BCUT2D eigenvalue weighted by molar-refractivity contribution is -0.137. The number of urea groups is 1. The minimum Gasteiger partial charge on any atom is -0.481 e. The van der Waals surface area contributed by atoms with Crippen LogP contribution in [0.1, 0.15) is 46.8 Å². The predicted molar refractivity (Wildman–Crippen MR) is 142 cm³/mol. The molecule has 1 fully saturated rings. The third-order valence-electron chi connectivity index (χ3n) is 6.24. The van der Waals surface area contributed by atoms with Gasteiger partial charge in [-0.3, -0.25) is 9.59 Å². The molecule has 4 N–H and O–H groups in total. The van der Waals surface area contributed by atoms with Crippen molar-refractivity contribution < 1.29 is 24.6 Å². The topological polar surface area (TPSA) is 132 Å². The molecule has 2 unspecified atom stereocenters. The van der Waals surface area contributed by atoms with Gasteiger partial charge < -0.3 is 25.7 Å². The highest BCUT2D eigenvalue weighted by Crippen LogP contribution is 2.39. The van der Waals surface area contributed by atoms with Gasteiger partial charge in [0.05, 0.1) is 24.5 Å². The third kappa shape index (κ3) is 6.93. The number of thiazole rings is 1. The van der Waals surface area contributed by atoms with Crippen molar-refractivity contribution in [1.82, 2.24) is 9.88 Å². The summed E-state index contributed by atoms with van der Waals surface area (Å²) in [5.41, 5.74) is 2.03. The molecule has 10 heteroatoms. The predicted octanol–water partition coefficient (Wildman–Crippen LogP) is 4.38. The molecule has 2 atom stereocenters. The normalized spacial score (nSPS) is 19.0. The molecule has 0 bridgehead atoms. The number of carbonyl (C=O) groups is 3. The molecule has 2 heterocycles. The smallest absolute Gasteiger partial charge is 0.323 e. The summed E-state index contributed by atoms with van der Waals surface area (Å²) < 4.78 is 0. The Labute approximate surface area is 219 Å². The maximum Gasteiger partial charge on any atom is 0.323 e. The Morgan fingerprint density at radius 3 is 2.57 bits per heavy atom. The average Bonchev–Trinajstić information content (AvgIpc) is 3.44. The Morgan fingerprint density at radius 2 is 1.86 bits per heavy atom. The quantitative estimate of drug-likeness (QED) is 0.347. The summed E-state index contributed by atoms with van der Waals surface area (Å²) >= 11 is 1.38. The Morgan fingerprint density at radius 1 is 1.14 bits per heavy atom. The zero-order chi connectivity index (χ0) is 26.6. The highest BCUT2D eigenvalue weighted by atomic mass is 32.1. The Bertz CT molecular complexity index is 1290. The van der Waals surface area contributed by atoms with Crippen LogP contribution in [0.3, 0.4) is 0 Å². The van der Waals surface area contributed by atoms with Crippen LogP contribution in [0.15, 0.2) is 54.7 Å². The van der Waals surface area contributed by atoms with Crippen molar-refractivity contribution in [2.45, 2.75) is 51.2 Å². The van der Waals surface area contributed by atoms with Gasteiger partial charge in [-0.2, -0.15) is 0 Å². The largest absolute Gasteiger partial charge is 0.481 e. The van der Waals surface area contributed by atoms with Gasteiger partial charge in [-0.15, -0.1) is 11.3 Å². The van der Waals surface area contributed by atoms with Gasteiger partial charge in [-0.05, 0) is 49.6 Å². The second kappa shape index (κ2) is 11.1. The molecule has 1 aromatic heterocycles. The lowest BCUT2D eigenvalue weighted by Crippen LogP contribution is -2.35. The maximum absolute atomic E-state index is 13.2. The molecule has 194 valence electrons. The number of carboxylic acids is 1. The third-order valence-corrected chi connectivity index (χ3v) is 7.40. The SMILES string of the molecule is Cc1ccccc1NC(=O)Nc1ccc(CC(=O)N2CC(C)(O)CC2c2ncc(CCC(=O)O)s2)cc1. The number of hydrogen-bond donors (Lipinski definition) is 4. The molecular formula is C27H30N4O5S. The van der Waals surface area contributed by atoms with Crippen molar-refractivity contribution in [3.05, 3.63) is 75.7 Å². The number of benzene rings is 2. The van der Waals surface area contributed by atoms with E-state index in [9.17, 15) is 19.5 Å². The summed E-state index contributed by atoms with van der Waals surface area (Å²) in [6.45, 7) is 3.81. The fraction of sp³-hybridized carbons (Fsp3) is 0.333. The van der Waals surface area contributed by atoms with Gasteiger partial charge in [-0.25, -0.2) is 9.78 Å². The number of nitrogens with zero attached hydrogens (tertiary/aromatic N) is 2. The highest BCUT2D eigenvalue weighted by molar-refractivity contribution is 7.11. The lowest BCUT2D eigenvalue weighted by Gasteiger charge is -2.23. The van der Waals surface area contributed by atoms with Crippen molar-refractivity contribution in [3.8, 4) is 0 Å². The zero-order valence-electron chi connectivity index (χ0n) is 20.7. The average molecular weight is 523 g/mol. The number of aliphatic carboxylic acids is 1. The number of nitrogens with one attached hydrogen (secondary N) is 2. The van der Waals surface area contributed by atoms with Gasteiger partial charge in [0.2, 0.25) is 5.91 Å². The number of β-amino-alcohol motifs (C(OH)–C–C–N with tert-alkyl or cyclic N) is 1. The van der Waals surface area contributed by atoms with Gasteiger partial charge in [0, 0.05) is 35.4 Å². The van der Waals surface area contributed by atoms with Crippen LogP contribution in [0.4, 0.5) is 16.2 Å². The van der Waals surface area contributed by atoms with Crippen LogP contribution in [-0.2, 0) is 22.4 Å².